The minimum Gasteiger partial charge on any atom is -0.309 e. The molecule has 0 fully saturated rings. The lowest BCUT2D eigenvalue weighted by Gasteiger charge is -2.07. The van der Waals surface area contributed by atoms with Gasteiger partial charge in [0, 0.05) is 34.1 Å². The van der Waals surface area contributed by atoms with Crippen LogP contribution in [-0.2, 0) is 11.2 Å². The number of carbonyl (C=O) groups excluding carboxylic acids is 1. The maximum absolute atomic E-state index is 11.5. The highest BCUT2D eigenvalue weighted by Crippen LogP contribution is 2.20. The summed E-state index contributed by atoms with van der Waals surface area (Å²) in [6.07, 6.45) is 1.21. The van der Waals surface area contributed by atoms with Crippen molar-refractivity contribution in [2.75, 3.05) is 20.6 Å². The van der Waals surface area contributed by atoms with Gasteiger partial charge in [0.1, 0.15) is 5.78 Å². The molecule has 78 valence electrons. The molecule has 0 aliphatic carbocycles. The molecule has 0 aliphatic rings. The molecule has 0 saturated heterocycles. The van der Waals surface area contributed by atoms with Gasteiger partial charge in [0.2, 0.25) is 0 Å². The summed E-state index contributed by atoms with van der Waals surface area (Å²) in [5, 5.41) is 2.01. The zero-order valence-electron chi connectivity index (χ0n) is 8.42. The van der Waals surface area contributed by atoms with Crippen LogP contribution in [0.15, 0.2) is 15.9 Å². The first-order chi connectivity index (χ1) is 6.58. The summed E-state index contributed by atoms with van der Waals surface area (Å²) in [4.78, 5) is 14.7. The van der Waals surface area contributed by atoms with Crippen LogP contribution in [0.1, 0.15) is 11.3 Å². The van der Waals surface area contributed by atoms with Gasteiger partial charge >= 0.3 is 0 Å². The number of ketones is 1. The third-order valence-corrected chi connectivity index (χ3v) is 3.53. The molecule has 1 aromatic rings. The standard InChI is InChI=1S/C10H14BrNOS/c1-12(2)4-3-9(13)6-10-5-8(11)7-14-10/h5,7H,3-4,6H2,1-2H3. The number of nitrogens with zero attached hydrogens (tertiary/aromatic N) is 1. The van der Waals surface area contributed by atoms with Crippen LogP contribution in [0.5, 0.6) is 0 Å². The van der Waals surface area contributed by atoms with Gasteiger partial charge in [-0.15, -0.1) is 11.3 Å². The van der Waals surface area contributed by atoms with Gasteiger partial charge in [-0.2, -0.15) is 0 Å². The van der Waals surface area contributed by atoms with Gasteiger partial charge in [-0.1, -0.05) is 0 Å². The second kappa shape index (κ2) is 5.63. The molecule has 0 radical (unpaired) electrons. The van der Waals surface area contributed by atoms with Crippen LogP contribution in [0.25, 0.3) is 0 Å². The molecule has 1 rings (SSSR count). The largest absolute Gasteiger partial charge is 0.309 e. The van der Waals surface area contributed by atoms with Crippen LogP contribution in [0, 0.1) is 0 Å². The number of Topliss-reactive ketones (excluding diaryl/α,β-unsaturated/α-hetero) is 1. The SMILES string of the molecule is CN(C)CCC(=O)Cc1cc(Br)cs1. The second-order valence-corrected chi connectivity index (χ2v) is 5.41. The molecule has 1 heterocycles. The minimum atomic E-state index is 0.313. The fourth-order valence-electron chi connectivity index (χ4n) is 1.08. The van der Waals surface area contributed by atoms with Crippen molar-refractivity contribution in [3.05, 3.63) is 20.8 Å². The van der Waals surface area contributed by atoms with Crippen molar-refractivity contribution in [2.45, 2.75) is 12.8 Å². The van der Waals surface area contributed by atoms with Crippen molar-refractivity contribution in [1.29, 1.82) is 0 Å². The maximum atomic E-state index is 11.5. The third-order valence-electron chi connectivity index (χ3n) is 1.83. The van der Waals surface area contributed by atoms with Crippen LogP contribution in [0.3, 0.4) is 0 Å². The predicted octanol–water partition coefficient (Wildman–Crippen LogP) is 2.57. The molecular weight excluding hydrogens is 262 g/mol. The molecule has 0 aromatic carbocycles. The molecule has 4 heteroatoms. The number of hydrogen-bond donors (Lipinski definition) is 0. The van der Waals surface area contributed by atoms with Crippen LogP contribution < -0.4 is 0 Å². The molecule has 0 saturated carbocycles. The average molecular weight is 276 g/mol. The molecular formula is C10H14BrNOS. The Morgan fingerprint density at radius 2 is 2.29 bits per heavy atom. The molecule has 1 aromatic heterocycles. The molecule has 0 bridgehead atoms. The quantitative estimate of drug-likeness (QED) is 0.823. The molecule has 0 unspecified atom stereocenters. The van der Waals surface area contributed by atoms with Gasteiger partial charge < -0.3 is 4.90 Å². The Hall–Kier alpha value is -0.190. The first-order valence-corrected chi connectivity index (χ1v) is 6.14. The van der Waals surface area contributed by atoms with E-state index >= 15 is 0 Å². The first-order valence-electron chi connectivity index (χ1n) is 4.47. The molecule has 0 aliphatic heterocycles. The topological polar surface area (TPSA) is 20.3 Å². The van der Waals surface area contributed by atoms with Crippen LogP contribution >= 0.6 is 27.3 Å². The van der Waals surface area contributed by atoms with Crippen LogP contribution in [-0.4, -0.2) is 31.3 Å². The summed E-state index contributed by atoms with van der Waals surface area (Å²) >= 11 is 5.01. The average Bonchev–Trinajstić information content (AvgIpc) is 2.48. The summed E-state index contributed by atoms with van der Waals surface area (Å²) in [6.45, 7) is 0.839. The summed E-state index contributed by atoms with van der Waals surface area (Å²) < 4.78 is 1.07. The zero-order chi connectivity index (χ0) is 10.6. The Morgan fingerprint density at radius 1 is 1.57 bits per heavy atom. The highest BCUT2D eigenvalue weighted by atomic mass is 79.9. The van der Waals surface area contributed by atoms with Gasteiger partial charge in [0.15, 0.2) is 0 Å². The van der Waals surface area contributed by atoms with Gasteiger partial charge in [0.25, 0.3) is 0 Å². The van der Waals surface area contributed by atoms with Crippen molar-refractivity contribution in [1.82, 2.24) is 4.90 Å². The van der Waals surface area contributed by atoms with Crippen molar-refractivity contribution in [3.8, 4) is 0 Å². The fraction of sp³-hybridized carbons (Fsp3) is 0.500. The van der Waals surface area contributed by atoms with E-state index in [-0.39, 0.29) is 0 Å². The van der Waals surface area contributed by atoms with E-state index in [1.807, 2.05) is 30.4 Å². The van der Waals surface area contributed by atoms with Crippen molar-refractivity contribution >= 4 is 33.0 Å². The highest BCUT2D eigenvalue weighted by Gasteiger charge is 2.06. The van der Waals surface area contributed by atoms with Gasteiger partial charge in [0.05, 0.1) is 0 Å². The fourth-order valence-corrected chi connectivity index (χ4v) is 2.56. The van der Waals surface area contributed by atoms with E-state index in [0.717, 1.165) is 15.9 Å². The smallest absolute Gasteiger partial charge is 0.139 e. The van der Waals surface area contributed by atoms with E-state index in [1.165, 1.54) is 0 Å². The number of thiophene rings is 1. The lowest BCUT2D eigenvalue weighted by atomic mass is 10.2. The lowest BCUT2D eigenvalue weighted by Crippen LogP contribution is -2.17. The first kappa shape index (κ1) is 11.9. The Kier molecular flexibility index (Phi) is 4.78. The number of hydrogen-bond acceptors (Lipinski definition) is 3. The van der Waals surface area contributed by atoms with E-state index in [0.29, 0.717) is 18.6 Å². The Morgan fingerprint density at radius 3 is 2.79 bits per heavy atom. The normalized spacial score (nSPS) is 10.9. The van der Waals surface area contributed by atoms with Crippen molar-refractivity contribution in [3.63, 3.8) is 0 Å². The molecule has 0 atom stereocenters. The van der Waals surface area contributed by atoms with Gasteiger partial charge in [-0.05, 0) is 36.1 Å². The zero-order valence-corrected chi connectivity index (χ0v) is 10.8. The van der Waals surface area contributed by atoms with Crippen molar-refractivity contribution in [2.24, 2.45) is 0 Å². The Bertz CT molecular complexity index is 309. The number of carbonyl (C=O) groups is 1. The summed E-state index contributed by atoms with van der Waals surface area (Å²) in [5.41, 5.74) is 0. The van der Waals surface area contributed by atoms with Gasteiger partial charge in [-0.3, -0.25) is 4.79 Å². The van der Waals surface area contributed by atoms with E-state index < -0.39 is 0 Å². The number of halogens is 1. The summed E-state index contributed by atoms with van der Waals surface area (Å²) in [5.74, 6) is 0.313. The Labute approximate surface area is 97.1 Å². The monoisotopic (exact) mass is 275 g/mol. The maximum Gasteiger partial charge on any atom is 0.139 e. The highest BCUT2D eigenvalue weighted by molar-refractivity contribution is 9.10. The minimum absolute atomic E-state index is 0.313. The second-order valence-electron chi connectivity index (χ2n) is 3.50. The molecule has 2 nitrogen and oxygen atoms in total. The Balaban J connectivity index is 2.34. The van der Waals surface area contributed by atoms with E-state index in [2.05, 4.69) is 15.9 Å². The van der Waals surface area contributed by atoms with Crippen molar-refractivity contribution < 1.29 is 4.79 Å². The molecule has 14 heavy (non-hydrogen) atoms. The van der Waals surface area contributed by atoms with Crippen LogP contribution in [0.2, 0.25) is 0 Å². The molecule has 0 amide bonds. The number of rotatable bonds is 5. The molecule has 0 N–H and O–H groups in total. The predicted molar refractivity (Wildman–Crippen MR) is 63.9 cm³/mol. The lowest BCUT2D eigenvalue weighted by molar-refractivity contribution is -0.118. The summed E-state index contributed by atoms with van der Waals surface area (Å²) in [7, 11) is 3.96. The summed E-state index contributed by atoms with van der Waals surface area (Å²) in [6, 6.07) is 2.01. The molecule has 0 spiro atoms. The van der Waals surface area contributed by atoms with Gasteiger partial charge in [-0.25, -0.2) is 0 Å². The van der Waals surface area contributed by atoms with Crippen LogP contribution in [0.4, 0.5) is 0 Å². The van der Waals surface area contributed by atoms with E-state index in [9.17, 15) is 4.79 Å². The van der Waals surface area contributed by atoms with E-state index in [4.69, 9.17) is 0 Å². The third kappa shape index (κ3) is 4.35. The van der Waals surface area contributed by atoms with E-state index in [1.54, 1.807) is 11.3 Å².